The van der Waals surface area contributed by atoms with Crippen LogP contribution in [-0.2, 0) is 17.4 Å². The van der Waals surface area contributed by atoms with Gasteiger partial charge >= 0.3 is 0 Å². The van der Waals surface area contributed by atoms with Crippen molar-refractivity contribution in [2.24, 2.45) is 0 Å². The summed E-state index contributed by atoms with van der Waals surface area (Å²) in [6.07, 6.45) is 3.98. The molecule has 2 heteroatoms. The lowest BCUT2D eigenvalue weighted by molar-refractivity contribution is 0.569. The monoisotopic (exact) mass is 476 g/mol. The minimum absolute atomic E-state index is 0.280. The predicted molar refractivity (Wildman–Crippen MR) is 152 cm³/mol. The van der Waals surface area contributed by atoms with E-state index in [0.717, 1.165) is 31.3 Å². The van der Waals surface area contributed by atoms with E-state index < -0.39 is 7.14 Å². The molecule has 0 aliphatic carbocycles. The molecule has 35 heavy (non-hydrogen) atoms. The van der Waals surface area contributed by atoms with Crippen LogP contribution in [0.2, 0.25) is 0 Å². The SMILES string of the molecule is CC(CP(=O)(CCc1cccc2ccccc12)CCc1cccc2ccccc12)c1ccccc1. The van der Waals surface area contributed by atoms with E-state index in [1.165, 1.54) is 38.2 Å². The molecular formula is C33H33OP. The molecule has 0 saturated carbocycles. The quantitative estimate of drug-likeness (QED) is 0.194. The van der Waals surface area contributed by atoms with Crippen molar-refractivity contribution in [3.8, 4) is 0 Å². The molecule has 0 aliphatic heterocycles. The summed E-state index contributed by atoms with van der Waals surface area (Å²) >= 11 is 0. The molecule has 0 fully saturated rings. The number of fused-ring (bicyclic) bond motifs is 2. The second kappa shape index (κ2) is 10.6. The molecule has 0 N–H and O–H groups in total. The Labute approximate surface area is 209 Å². The molecule has 0 aliphatic rings. The van der Waals surface area contributed by atoms with Crippen LogP contribution in [0.5, 0.6) is 0 Å². The van der Waals surface area contributed by atoms with Gasteiger partial charge in [0.1, 0.15) is 0 Å². The van der Waals surface area contributed by atoms with Crippen molar-refractivity contribution in [1.82, 2.24) is 0 Å². The lowest BCUT2D eigenvalue weighted by Crippen LogP contribution is -2.10. The number of rotatable bonds is 9. The molecule has 0 heterocycles. The van der Waals surface area contributed by atoms with Crippen LogP contribution < -0.4 is 0 Å². The van der Waals surface area contributed by atoms with Gasteiger partial charge in [-0.15, -0.1) is 0 Å². The van der Waals surface area contributed by atoms with E-state index in [9.17, 15) is 4.57 Å². The summed E-state index contributed by atoms with van der Waals surface area (Å²) in [5.41, 5.74) is 3.89. The fraction of sp³-hybridized carbons (Fsp3) is 0.212. The topological polar surface area (TPSA) is 17.1 Å². The predicted octanol–water partition coefficient (Wildman–Crippen LogP) is 8.95. The van der Waals surface area contributed by atoms with Gasteiger partial charge < -0.3 is 4.57 Å². The summed E-state index contributed by atoms with van der Waals surface area (Å²) in [6.45, 7) is 2.23. The van der Waals surface area contributed by atoms with Gasteiger partial charge in [-0.25, -0.2) is 0 Å². The molecule has 0 amide bonds. The van der Waals surface area contributed by atoms with Crippen LogP contribution in [0.15, 0.2) is 115 Å². The van der Waals surface area contributed by atoms with E-state index in [2.05, 4.69) is 122 Å². The molecule has 176 valence electrons. The molecule has 1 atom stereocenters. The maximum absolute atomic E-state index is 14.6. The zero-order chi connectivity index (χ0) is 24.1. The summed E-state index contributed by atoms with van der Waals surface area (Å²) in [5.74, 6) is 0.280. The fourth-order valence-electron chi connectivity index (χ4n) is 5.35. The van der Waals surface area contributed by atoms with Crippen molar-refractivity contribution >= 4 is 28.7 Å². The molecule has 5 rings (SSSR count). The van der Waals surface area contributed by atoms with Gasteiger partial charge in [0.25, 0.3) is 0 Å². The van der Waals surface area contributed by atoms with Gasteiger partial charge in [-0.3, -0.25) is 0 Å². The molecule has 1 unspecified atom stereocenters. The molecule has 5 aromatic rings. The Bertz CT molecular complexity index is 1370. The Balaban J connectivity index is 1.40. The first kappa shape index (κ1) is 23.6. The van der Waals surface area contributed by atoms with Crippen molar-refractivity contribution in [2.75, 3.05) is 18.5 Å². The summed E-state index contributed by atoms with van der Waals surface area (Å²) in [6, 6.07) is 40.7. The minimum atomic E-state index is -2.43. The Morgan fingerprint density at radius 1 is 0.571 bits per heavy atom. The first-order valence-electron chi connectivity index (χ1n) is 12.7. The van der Waals surface area contributed by atoms with E-state index in [0.29, 0.717) is 0 Å². The Kier molecular flexibility index (Phi) is 7.16. The number of hydrogen-bond donors (Lipinski definition) is 0. The Hall–Kier alpha value is -3.15. The average molecular weight is 477 g/mol. The van der Waals surface area contributed by atoms with E-state index >= 15 is 0 Å². The third kappa shape index (κ3) is 5.58. The number of benzene rings is 5. The molecule has 0 radical (unpaired) electrons. The maximum Gasteiger partial charge on any atom is 0.0890 e. The standard InChI is InChI=1S/C33H33OP/c1-26(27-11-3-2-4-12-27)25-35(34,23-21-30-17-9-15-28-13-5-7-19-32(28)30)24-22-31-18-10-16-29-14-6-8-20-33(29)31/h2-20,26H,21-25H2,1H3. The van der Waals surface area contributed by atoms with Crippen LogP contribution in [0.1, 0.15) is 29.5 Å². The zero-order valence-corrected chi connectivity index (χ0v) is 21.3. The van der Waals surface area contributed by atoms with Crippen LogP contribution in [0.4, 0.5) is 0 Å². The Morgan fingerprint density at radius 3 is 1.57 bits per heavy atom. The highest BCUT2D eigenvalue weighted by Crippen LogP contribution is 2.50. The average Bonchev–Trinajstić information content (AvgIpc) is 2.91. The van der Waals surface area contributed by atoms with E-state index in [1.807, 2.05) is 0 Å². The van der Waals surface area contributed by atoms with Crippen LogP contribution in [0, 0.1) is 0 Å². The van der Waals surface area contributed by atoms with Gasteiger partial charge in [0.2, 0.25) is 0 Å². The van der Waals surface area contributed by atoms with Gasteiger partial charge in [0, 0.05) is 18.5 Å². The Morgan fingerprint density at radius 2 is 1.03 bits per heavy atom. The van der Waals surface area contributed by atoms with Crippen LogP contribution in [-0.4, -0.2) is 18.5 Å². The van der Waals surface area contributed by atoms with Crippen molar-refractivity contribution < 1.29 is 4.57 Å². The first-order chi connectivity index (χ1) is 17.1. The highest BCUT2D eigenvalue weighted by Gasteiger charge is 2.26. The van der Waals surface area contributed by atoms with E-state index in [1.54, 1.807) is 0 Å². The first-order valence-corrected chi connectivity index (χ1v) is 14.9. The van der Waals surface area contributed by atoms with Gasteiger partial charge in [-0.1, -0.05) is 122 Å². The molecule has 5 aromatic carbocycles. The summed E-state index contributed by atoms with van der Waals surface area (Å²) in [7, 11) is -2.43. The third-order valence-electron chi connectivity index (χ3n) is 7.31. The van der Waals surface area contributed by atoms with Crippen LogP contribution >= 0.6 is 7.14 Å². The molecule has 0 aromatic heterocycles. The van der Waals surface area contributed by atoms with Crippen LogP contribution in [0.3, 0.4) is 0 Å². The fourth-order valence-corrected chi connectivity index (χ4v) is 8.44. The van der Waals surface area contributed by atoms with Gasteiger partial charge in [-0.2, -0.15) is 0 Å². The summed E-state index contributed by atoms with van der Waals surface area (Å²) < 4.78 is 14.6. The van der Waals surface area contributed by atoms with Gasteiger partial charge in [0.15, 0.2) is 0 Å². The van der Waals surface area contributed by atoms with Crippen molar-refractivity contribution in [1.29, 1.82) is 0 Å². The van der Waals surface area contributed by atoms with Crippen molar-refractivity contribution in [3.05, 3.63) is 132 Å². The lowest BCUT2D eigenvalue weighted by Gasteiger charge is -2.23. The van der Waals surface area contributed by atoms with Crippen molar-refractivity contribution in [2.45, 2.75) is 25.7 Å². The normalized spacial score (nSPS) is 12.7. The van der Waals surface area contributed by atoms with E-state index in [-0.39, 0.29) is 5.92 Å². The largest absolute Gasteiger partial charge is 0.324 e. The highest BCUT2D eigenvalue weighted by atomic mass is 31.2. The lowest BCUT2D eigenvalue weighted by atomic mass is 10.0. The maximum atomic E-state index is 14.6. The second-order valence-electron chi connectivity index (χ2n) is 9.78. The molecule has 0 saturated heterocycles. The third-order valence-corrected chi connectivity index (χ3v) is 10.6. The highest BCUT2D eigenvalue weighted by molar-refractivity contribution is 7.64. The van der Waals surface area contributed by atoms with Crippen molar-refractivity contribution in [3.63, 3.8) is 0 Å². The molecule has 0 spiro atoms. The van der Waals surface area contributed by atoms with E-state index in [4.69, 9.17) is 0 Å². The van der Waals surface area contributed by atoms with Gasteiger partial charge in [-0.05, 0) is 57.0 Å². The summed E-state index contributed by atoms with van der Waals surface area (Å²) in [4.78, 5) is 0. The molecule has 0 bridgehead atoms. The second-order valence-corrected chi connectivity index (χ2v) is 13.2. The molecular weight excluding hydrogens is 443 g/mol. The van der Waals surface area contributed by atoms with Gasteiger partial charge in [0.05, 0.1) is 7.14 Å². The zero-order valence-electron chi connectivity index (χ0n) is 20.4. The number of hydrogen-bond acceptors (Lipinski definition) is 1. The van der Waals surface area contributed by atoms with Crippen LogP contribution in [0.25, 0.3) is 21.5 Å². The smallest absolute Gasteiger partial charge is 0.0890 e. The minimum Gasteiger partial charge on any atom is -0.324 e. The summed E-state index contributed by atoms with van der Waals surface area (Å²) in [5, 5.41) is 5.08. The number of aryl methyl sites for hydroxylation is 2. The molecule has 1 nitrogen and oxygen atoms in total.